The van der Waals surface area contributed by atoms with Crippen molar-refractivity contribution in [3.05, 3.63) is 28.2 Å². The van der Waals surface area contributed by atoms with Crippen molar-refractivity contribution >= 4 is 27.4 Å². The number of Topliss-reactive ketones (excluding diaryl/α,β-unsaturated/α-hetero) is 1. The van der Waals surface area contributed by atoms with Crippen LogP contribution in [0.4, 0.5) is 14.5 Å². The lowest BCUT2D eigenvalue weighted by atomic mass is 10.1. The Morgan fingerprint density at radius 1 is 1.12 bits per heavy atom. The molecule has 1 saturated heterocycles. The van der Waals surface area contributed by atoms with Gasteiger partial charge in [-0.2, -0.15) is 0 Å². The second-order valence-electron chi connectivity index (χ2n) is 3.74. The number of carbonyl (C=O) groups excluding carboxylic acids is 1. The van der Waals surface area contributed by atoms with Gasteiger partial charge in [-0.15, -0.1) is 0 Å². The highest BCUT2D eigenvalue weighted by Gasteiger charge is 2.20. The number of carbonyl (C=O) groups is 1. The van der Waals surface area contributed by atoms with Crippen molar-refractivity contribution in [1.82, 2.24) is 0 Å². The van der Waals surface area contributed by atoms with Crippen LogP contribution in [0.2, 0.25) is 0 Å². The molecule has 1 aliphatic heterocycles. The van der Waals surface area contributed by atoms with Crippen LogP contribution < -0.4 is 4.90 Å². The summed E-state index contributed by atoms with van der Waals surface area (Å²) in [6.45, 7) is 0.988. The van der Waals surface area contributed by atoms with Gasteiger partial charge in [0.2, 0.25) is 0 Å². The van der Waals surface area contributed by atoms with Gasteiger partial charge in [-0.05, 0) is 22.0 Å². The summed E-state index contributed by atoms with van der Waals surface area (Å²) in [5, 5.41) is 0. The van der Waals surface area contributed by atoms with E-state index in [1.165, 1.54) is 6.07 Å². The number of hydrogen-bond acceptors (Lipinski definition) is 2. The molecule has 0 N–H and O–H groups in total. The number of hydrogen-bond donors (Lipinski definition) is 0. The van der Waals surface area contributed by atoms with Crippen molar-refractivity contribution in [3.63, 3.8) is 0 Å². The minimum atomic E-state index is -0.616. The van der Waals surface area contributed by atoms with Crippen molar-refractivity contribution in [1.29, 1.82) is 0 Å². The van der Waals surface area contributed by atoms with Crippen molar-refractivity contribution < 1.29 is 13.6 Å². The quantitative estimate of drug-likeness (QED) is 0.741. The van der Waals surface area contributed by atoms with Crippen LogP contribution >= 0.6 is 15.9 Å². The number of benzene rings is 1. The predicted octanol–water partition coefficient (Wildman–Crippen LogP) is 2.90. The van der Waals surface area contributed by atoms with E-state index in [1.807, 2.05) is 0 Å². The second kappa shape index (κ2) is 4.49. The molecule has 2 rings (SSSR count). The monoisotopic (exact) mass is 289 g/mol. The molecular weight excluding hydrogens is 280 g/mol. The molecule has 0 radical (unpaired) electrons. The summed E-state index contributed by atoms with van der Waals surface area (Å²) in [5.41, 5.74) is 0.348. The fourth-order valence-corrected chi connectivity index (χ4v) is 2.08. The molecule has 2 nitrogen and oxygen atoms in total. The van der Waals surface area contributed by atoms with E-state index < -0.39 is 11.6 Å². The van der Waals surface area contributed by atoms with E-state index in [-0.39, 0.29) is 10.3 Å². The zero-order chi connectivity index (χ0) is 11.7. The largest absolute Gasteiger partial charge is 0.368 e. The molecule has 5 heteroatoms. The number of piperidine rings is 1. The van der Waals surface area contributed by atoms with Gasteiger partial charge in [-0.25, -0.2) is 8.78 Å². The number of anilines is 1. The molecule has 1 fully saturated rings. The zero-order valence-corrected chi connectivity index (χ0v) is 10.1. The number of nitrogens with zero attached hydrogens (tertiary/aromatic N) is 1. The lowest BCUT2D eigenvalue weighted by Crippen LogP contribution is -2.34. The van der Waals surface area contributed by atoms with Crippen molar-refractivity contribution in [2.45, 2.75) is 12.8 Å². The van der Waals surface area contributed by atoms with Gasteiger partial charge in [-0.1, -0.05) is 0 Å². The van der Waals surface area contributed by atoms with E-state index in [9.17, 15) is 13.6 Å². The Morgan fingerprint density at radius 3 is 2.38 bits per heavy atom. The molecule has 1 aliphatic rings. The van der Waals surface area contributed by atoms with Crippen LogP contribution in [0.5, 0.6) is 0 Å². The van der Waals surface area contributed by atoms with E-state index in [2.05, 4.69) is 15.9 Å². The molecule has 0 unspecified atom stereocenters. The van der Waals surface area contributed by atoms with E-state index >= 15 is 0 Å². The van der Waals surface area contributed by atoms with Crippen LogP contribution in [0.15, 0.2) is 16.6 Å². The summed E-state index contributed by atoms with van der Waals surface area (Å²) in [5.74, 6) is -1.01. The van der Waals surface area contributed by atoms with Gasteiger partial charge in [-0.3, -0.25) is 4.79 Å². The summed E-state index contributed by atoms with van der Waals surface area (Å²) >= 11 is 3.02. The average molecular weight is 290 g/mol. The molecule has 86 valence electrons. The maximum absolute atomic E-state index is 13.5. The summed E-state index contributed by atoms with van der Waals surface area (Å²) in [6.07, 6.45) is 0.850. The smallest absolute Gasteiger partial charge is 0.149 e. The van der Waals surface area contributed by atoms with Crippen LogP contribution in [-0.2, 0) is 4.79 Å². The summed E-state index contributed by atoms with van der Waals surface area (Å²) in [4.78, 5) is 12.8. The minimum Gasteiger partial charge on any atom is -0.368 e. The normalized spacial score (nSPS) is 16.7. The van der Waals surface area contributed by atoms with Crippen LogP contribution in [-0.4, -0.2) is 18.9 Å². The first-order valence-corrected chi connectivity index (χ1v) is 5.78. The Labute approximate surface area is 100 Å². The van der Waals surface area contributed by atoms with E-state index in [0.29, 0.717) is 31.6 Å². The van der Waals surface area contributed by atoms with Crippen molar-refractivity contribution in [2.24, 2.45) is 0 Å². The first-order valence-electron chi connectivity index (χ1n) is 4.99. The molecule has 1 aromatic rings. The molecule has 0 saturated carbocycles. The summed E-state index contributed by atoms with van der Waals surface area (Å²) in [7, 11) is 0. The van der Waals surface area contributed by atoms with E-state index in [4.69, 9.17) is 0 Å². The highest BCUT2D eigenvalue weighted by Crippen LogP contribution is 2.28. The van der Waals surface area contributed by atoms with Crippen LogP contribution in [0.25, 0.3) is 0 Å². The van der Waals surface area contributed by atoms with Gasteiger partial charge in [0.15, 0.2) is 0 Å². The Balaban J connectivity index is 2.26. The third-order valence-corrected chi connectivity index (χ3v) is 3.26. The highest BCUT2D eigenvalue weighted by molar-refractivity contribution is 9.10. The molecule has 16 heavy (non-hydrogen) atoms. The number of rotatable bonds is 1. The minimum absolute atomic E-state index is 0.192. The fourth-order valence-electron chi connectivity index (χ4n) is 1.75. The van der Waals surface area contributed by atoms with E-state index in [1.54, 1.807) is 4.90 Å². The molecular formula is C11H10BrF2NO. The SMILES string of the molecule is O=C1CCN(c2cc(Br)c(F)cc2F)CC1. The van der Waals surface area contributed by atoms with Gasteiger partial charge < -0.3 is 4.90 Å². The van der Waals surface area contributed by atoms with Crippen LogP contribution in [0.1, 0.15) is 12.8 Å². The van der Waals surface area contributed by atoms with Gasteiger partial charge in [0, 0.05) is 32.0 Å². The van der Waals surface area contributed by atoms with Crippen LogP contribution in [0, 0.1) is 11.6 Å². The zero-order valence-electron chi connectivity index (χ0n) is 8.47. The Hall–Kier alpha value is -0.970. The third kappa shape index (κ3) is 2.24. The highest BCUT2D eigenvalue weighted by atomic mass is 79.9. The first kappa shape index (κ1) is 11.5. The van der Waals surface area contributed by atoms with Gasteiger partial charge in [0.1, 0.15) is 17.4 Å². The standard InChI is InChI=1S/C11H10BrF2NO/c12-8-5-11(10(14)6-9(8)13)15-3-1-7(16)2-4-15/h5-6H,1-4H2. The van der Waals surface area contributed by atoms with Gasteiger partial charge in [0.05, 0.1) is 10.2 Å². The predicted molar refractivity (Wildman–Crippen MR) is 60.5 cm³/mol. The lowest BCUT2D eigenvalue weighted by Gasteiger charge is -2.28. The fraction of sp³-hybridized carbons (Fsp3) is 0.364. The van der Waals surface area contributed by atoms with Gasteiger partial charge >= 0.3 is 0 Å². The molecule has 0 bridgehead atoms. The maximum atomic E-state index is 13.5. The molecule has 1 heterocycles. The number of halogens is 3. The van der Waals surface area contributed by atoms with Gasteiger partial charge in [0.25, 0.3) is 0 Å². The molecule has 0 amide bonds. The number of ketones is 1. The van der Waals surface area contributed by atoms with Crippen molar-refractivity contribution in [3.8, 4) is 0 Å². The van der Waals surface area contributed by atoms with Crippen LogP contribution in [0.3, 0.4) is 0 Å². The Kier molecular flexibility index (Phi) is 3.23. The Bertz CT molecular complexity index is 426. The molecule has 1 aromatic carbocycles. The van der Waals surface area contributed by atoms with Crippen molar-refractivity contribution in [2.75, 3.05) is 18.0 Å². The third-order valence-electron chi connectivity index (χ3n) is 2.65. The second-order valence-corrected chi connectivity index (χ2v) is 4.60. The maximum Gasteiger partial charge on any atom is 0.149 e. The van der Waals surface area contributed by atoms with E-state index in [0.717, 1.165) is 6.07 Å². The Morgan fingerprint density at radius 2 is 1.75 bits per heavy atom. The first-order chi connectivity index (χ1) is 7.58. The molecule has 0 aromatic heterocycles. The topological polar surface area (TPSA) is 20.3 Å². The summed E-state index contributed by atoms with van der Waals surface area (Å²) < 4.78 is 26.8. The average Bonchev–Trinajstić information content (AvgIpc) is 2.25. The molecule has 0 spiro atoms. The molecule has 0 atom stereocenters. The molecule has 0 aliphatic carbocycles. The lowest BCUT2D eigenvalue weighted by molar-refractivity contribution is -0.119. The summed E-state index contributed by atoms with van der Waals surface area (Å²) in [6, 6.07) is 2.27.